The highest BCUT2D eigenvalue weighted by molar-refractivity contribution is 5.88. The lowest BCUT2D eigenvalue weighted by Crippen LogP contribution is -2.13. The molecular formula is C16H21N3O2. The first-order chi connectivity index (χ1) is 10.0. The summed E-state index contributed by atoms with van der Waals surface area (Å²) in [6.45, 7) is 8.81. The van der Waals surface area contributed by atoms with E-state index in [1.54, 1.807) is 11.6 Å². The number of ether oxygens (including phenoxy) is 1. The second-order valence-electron chi connectivity index (χ2n) is 5.35. The van der Waals surface area contributed by atoms with Gasteiger partial charge in [0.05, 0.1) is 18.8 Å². The van der Waals surface area contributed by atoms with E-state index >= 15 is 0 Å². The van der Waals surface area contributed by atoms with E-state index in [9.17, 15) is 4.79 Å². The molecule has 21 heavy (non-hydrogen) atoms. The summed E-state index contributed by atoms with van der Waals surface area (Å²) in [5.41, 5.74) is 3.47. The number of esters is 1. The summed E-state index contributed by atoms with van der Waals surface area (Å²) >= 11 is 0. The topological polar surface area (TPSA) is 57.0 Å². The first-order valence-corrected chi connectivity index (χ1v) is 7.19. The Morgan fingerprint density at radius 3 is 2.76 bits per heavy atom. The zero-order chi connectivity index (χ0) is 15.4. The number of carbonyl (C=O) groups is 1. The van der Waals surface area contributed by atoms with Crippen LogP contribution in [0.15, 0.2) is 24.3 Å². The number of aryl methyl sites for hydroxylation is 1. The van der Waals surface area contributed by atoms with Crippen molar-refractivity contribution >= 4 is 5.97 Å². The number of nitrogens with zero attached hydrogens (tertiary/aromatic N) is 3. The number of hydrogen-bond donors (Lipinski definition) is 0. The largest absolute Gasteiger partial charge is 0.461 e. The van der Waals surface area contributed by atoms with E-state index in [2.05, 4.69) is 29.4 Å². The van der Waals surface area contributed by atoms with Crippen molar-refractivity contribution in [2.75, 3.05) is 6.61 Å². The van der Waals surface area contributed by atoms with Crippen LogP contribution >= 0.6 is 0 Å². The van der Waals surface area contributed by atoms with E-state index in [1.165, 1.54) is 5.56 Å². The van der Waals surface area contributed by atoms with Gasteiger partial charge >= 0.3 is 5.97 Å². The number of carbonyl (C=O) groups excluding carboxylic acids is 1. The van der Waals surface area contributed by atoms with Gasteiger partial charge in [-0.3, -0.25) is 0 Å². The fraction of sp³-hybridized carbons (Fsp3) is 0.438. The van der Waals surface area contributed by atoms with Gasteiger partial charge in [0.15, 0.2) is 5.69 Å². The van der Waals surface area contributed by atoms with Crippen LogP contribution in [0.2, 0.25) is 0 Å². The van der Waals surface area contributed by atoms with E-state index in [1.807, 2.05) is 26.0 Å². The van der Waals surface area contributed by atoms with Crippen molar-refractivity contribution in [1.82, 2.24) is 15.0 Å². The lowest BCUT2D eigenvalue weighted by atomic mass is 10.1. The summed E-state index contributed by atoms with van der Waals surface area (Å²) in [5, 5.41) is 8.14. The standard InChI is InChI=1S/C16H21N3O2/c1-5-21-16(20)14-15(11(2)3)19(18-17-14)10-13-8-6-7-12(4)9-13/h6-9,11H,5,10H2,1-4H3. The summed E-state index contributed by atoms with van der Waals surface area (Å²) < 4.78 is 6.83. The maximum atomic E-state index is 12.0. The van der Waals surface area contributed by atoms with Gasteiger partial charge in [-0.15, -0.1) is 5.10 Å². The van der Waals surface area contributed by atoms with E-state index in [4.69, 9.17) is 4.74 Å². The van der Waals surface area contributed by atoms with Crippen LogP contribution in [0.25, 0.3) is 0 Å². The van der Waals surface area contributed by atoms with E-state index in [0.717, 1.165) is 11.3 Å². The van der Waals surface area contributed by atoms with Crippen molar-refractivity contribution in [1.29, 1.82) is 0 Å². The third-order valence-corrected chi connectivity index (χ3v) is 3.20. The Hall–Kier alpha value is -2.17. The second kappa shape index (κ2) is 6.52. The molecule has 1 heterocycles. The lowest BCUT2D eigenvalue weighted by molar-refractivity contribution is 0.0517. The second-order valence-corrected chi connectivity index (χ2v) is 5.35. The van der Waals surface area contributed by atoms with Crippen molar-refractivity contribution in [2.24, 2.45) is 0 Å². The molecule has 0 saturated carbocycles. The molecule has 2 aromatic rings. The third-order valence-electron chi connectivity index (χ3n) is 3.20. The van der Waals surface area contributed by atoms with Crippen molar-refractivity contribution in [3.8, 4) is 0 Å². The Morgan fingerprint density at radius 1 is 1.38 bits per heavy atom. The van der Waals surface area contributed by atoms with E-state index < -0.39 is 5.97 Å². The SMILES string of the molecule is CCOC(=O)c1nnn(Cc2cccc(C)c2)c1C(C)C. The van der Waals surface area contributed by atoms with Gasteiger partial charge in [-0.1, -0.05) is 48.9 Å². The average molecular weight is 287 g/mol. The Bertz CT molecular complexity index is 632. The normalized spacial score (nSPS) is 10.9. The predicted octanol–water partition coefficient (Wildman–Crippen LogP) is 2.93. The van der Waals surface area contributed by atoms with Crippen LogP contribution in [0.4, 0.5) is 0 Å². The molecule has 0 aliphatic rings. The first-order valence-electron chi connectivity index (χ1n) is 7.19. The van der Waals surface area contributed by atoms with Gasteiger partial charge in [0.2, 0.25) is 0 Å². The molecule has 0 aliphatic heterocycles. The molecule has 1 aromatic carbocycles. The van der Waals surface area contributed by atoms with Gasteiger partial charge in [0.25, 0.3) is 0 Å². The smallest absolute Gasteiger partial charge is 0.360 e. The molecule has 0 fully saturated rings. The molecule has 0 aliphatic carbocycles. The number of aromatic nitrogens is 3. The summed E-state index contributed by atoms with van der Waals surface area (Å²) in [7, 11) is 0. The van der Waals surface area contributed by atoms with Gasteiger partial charge < -0.3 is 4.74 Å². The fourth-order valence-corrected chi connectivity index (χ4v) is 2.34. The van der Waals surface area contributed by atoms with E-state index in [-0.39, 0.29) is 5.92 Å². The highest BCUT2D eigenvalue weighted by Crippen LogP contribution is 2.19. The number of hydrogen-bond acceptors (Lipinski definition) is 4. The monoisotopic (exact) mass is 287 g/mol. The molecule has 5 heteroatoms. The minimum Gasteiger partial charge on any atom is -0.461 e. The van der Waals surface area contributed by atoms with Gasteiger partial charge in [-0.2, -0.15) is 0 Å². The van der Waals surface area contributed by atoms with Gasteiger partial charge in [0, 0.05) is 0 Å². The molecule has 0 atom stereocenters. The Kier molecular flexibility index (Phi) is 4.73. The molecule has 0 spiro atoms. The summed E-state index contributed by atoms with van der Waals surface area (Å²) in [4.78, 5) is 12.0. The number of rotatable bonds is 5. The van der Waals surface area contributed by atoms with Crippen LogP contribution < -0.4 is 0 Å². The van der Waals surface area contributed by atoms with Gasteiger partial charge in [-0.05, 0) is 25.3 Å². The van der Waals surface area contributed by atoms with Crippen molar-refractivity contribution in [3.63, 3.8) is 0 Å². The van der Waals surface area contributed by atoms with Crippen molar-refractivity contribution < 1.29 is 9.53 Å². The van der Waals surface area contributed by atoms with Crippen molar-refractivity contribution in [2.45, 2.75) is 40.2 Å². The minimum absolute atomic E-state index is 0.143. The van der Waals surface area contributed by atoms with Crippen LogP contribution in [0.1, 0.15) is 54.0 Å². The predicted molar refractivity (Wildman–Crippen MR) is 80.3 cm³/mol. The zero-order valence-electron chi connectivity index (χ0n) is 13.0. The molecule has 0 unspecified atom stereocenters. The first kappa shape index (κ1) is 15.2. The molecule has 112 valence electrons. The molecule has 0 saturated heterocycles. The Morgan fingerprint density at radius 2 is 2.14 bits per heavy atom. The number of benzene rings is 1. The fourth-order valence-electron chi connectivity index (χ4n) is 2.34. The van der Waals surface area contributed by atoms with Gasteiger partial charge in [-0.25, -0.2) is 9.48 Å². The highest BCUT2D eigenvalue weighted by Gasteiger charge is 2.23. The minimum atomic E-state index is -0.406. The molecule has 0 amide bonds. The molecule has 0 radical (unpaired) electrons. The molecular weight excluding hydrogens is 266 g/mol. The van der Waals surface area contributed by atoms with Crippen LogP contribution in [-0.2, 0) is 11.3 Å². The molecule has 1 aromatic heterocycles. The summed E-state index contributed by atoms with van der Waals surface area (Å²) in [5.74, 6) is -0.263. The molecule has 0 N–H and O–H groups in total. The molecule has 0 bridgehead atoms. The maximum absolute atomic E-state index is 12.0. The maximum Gasteiger partial charge on any atom is 0.360 e. The van der Waals surface area contributed by atoms with Gasteiger partial charge in [0.1, 0.15) is 0 Å². The average Bonchev–Trinajstić information content (AvgIpc) is 2.83. The zero-order valence-corrected chi connectivity index (χ0v) is 13.0. The van der Waals surface area contributed by atoms with Crippen molar-refractivity contribution in [3.05, 3.63) is 46.8 Å². The lowest BCUT2D eigenvalue weighted by Gasteiger charge is -2.11. The highest BCUT2D eigenvalue weighted by atomic mass is 16.5. The summed E-state index contributed by atoms with van der Waals surface area (Å²) in [6, 6.07) is 8.22. The van der Waals surface area contributed by atoms with E-state index in [0.29, 0.717) is 18.8 Å². The van der Waals surface area contributed by atoms with Crippen LogP contribution in [0.5, 0.6) is 0 Å². The summed E-state index contributed by atoms with van der Waals surface area (Å²) in [6.07, 6.45) is 0. The van der Waals surface area contributed by atoms with Crippen LogP contribution in [0.3, 0.4) is 0 Å². The quantitative estimate of drug-likeness (QED) is 0.793. The Balaban J connectivity index is 2.34. The molecule has 5 nitrogen and oxygen atoms in total. The Labute approximate surface area is 124 Å². The van der Waals surface area contributed by atoms with Crippen LogP contribution in [0, 0.1) is 6.92 Å². The van der Waals surface area contributed by atoms with Crippen LogP contribution in [-0.4, -0.2) is 27.6 Å². The molecule has 2 rings (SSSR count). The third kappa shape index (κ3) is 3.48.